The summed E-state index contributed by atoms with van der Waals surface area (Å²) in [6.07, 6.45) is 3.56. The number of fused-ring (bicyclic) bond motifs is 1. The highest BCUT2D eigenvalue weighted by Gasteiger charge is 2.28. The third-order valence-electron chi connectivity index (χ3n) is 3.86. The van der Waals surface area contributed by atoms with Crippen LogP contribution in [-0.2, 0) is 6.42 Å². The summed E-state index contributed by atoms with van der Waals surface area (Å²) in [7, 11) is 1.85. The second-order valence-electron chi connectivity index (χ2n) is 5.04. The van der Waals surface area contributed by atoms with E-state index < -0.39 is 0 Å². The average Bonchev–Trinajstić information content (AvgIpc) is 2.89. The van der Waals surface area contributed by atoms with Crippen molar-refractivity contribution in [3.8, 4) is 0 Å². The van der Waals surface area contributed by atoms with Gasteiger partial charge in [-0.3, -0.25) is 4.79 Å². The van der Waals surface area contributed by atoms with E-state index in [0.717, 1.165) is 12.8 Å². The van der Waals surface area contributed by atoms with Crippen LogP contribution in [0.3, 0.4) is 0 Å². The lowest BCUT2D eigenvalue weighted by Crippen LogP contribution is -2.30. The first-order chi connectivity index (χ1) is 9.66. The summed E-state index contributed by atoms with van der Waals surface area (Å²) in [5.74, 6) is -0.0176. The molecule has 1 aromatic heterocycles. The van der Waals surface area contributed by atoms with Crippen LogP contribution in [-0.4, -0.2) is 22.8 Å². The van der Waals surface area contributed by atoms with Gasteiger partial charge >= 0.3 is 0 Å². The van der Waals surface area contributed by atoms with E-state index in [4.69, 9.17) is 11.6 Å². The van der Waals surface area contributed by atoms with E-state index in [1.807, 2.05) is 19.2 Å². The minimum atomic E-state index is -0.0176. The lowest BCUT2D eigenvalue weighted by atomic mass is 10.1. The molecule has 1 amide bonds. The van der Waals surface area contributed by atoms with Crippen molar-refractivity contribution in [2.24, 2.45) is 0 Å². The van der Waals surface area contributed by atoms with Crippen molar-refractivity contribution in [3.63, 3.8) is 0 Å². The normalized spacial score (nSPS) is 16.8. The van der Waals surface area contributed by atoms with Crippen LogP contribution in [0.15, 0.2) is 42.6 Å². The molecule has 1 heterocycles. The fraction of sp³-hybridized carbons (Fsp3) is 0.250. The summed E-state index contributed by atoms with van der Waals surface area (Å²) >= 11 is 5.85. The molecular formula is C16H15ClN2O. The van der Waals surface area contributed by atoms with Crippen LogP contribution in [0.1, 0.15) is 33.9 Å². The van der Waals surface area contributed by atoms with E-state index in [1.54, 1.807) is 23.2 Å². The van der Waals surface area contributed by atoms with Crippen molar-refractivity contribution >= 4 is 17.5 Å². The Hall–Kier alpha value is -1.87. The van der Waals surface area contributed by atoms with Gasteiger partial charge < -0.3 is 4.90 Å². The Balaban J connectivity index is 1.87. The van der Waals surface area contributed by atoms with Crippen LogP contribution in [0.5, 0.6) is 0 Å². The smallest absolute Gasteiger partial charge is 0.254 e. The number of halogens is 1. The zero-order valence-electron chi connectivity index (χ0n) is 11.2. The Bertz CT molecular complexity index is 656. The quantitative estimate of drug-likeness (QED) is 0.792. The molecule has 0 radical (unpaired) electrons. The number of hydrogen-bond donors (Lipinski definition) is 0. The number of hydrogen-bond acceptors (Lipinski definition) is 2. The molecule has 0 aliphatic heterocycles. The van der Waals surface area contributed by atoms with Crippen molar-refractivity contribution in [1.29, 1.82) is 0 Å². The van der Waals surface area contributed by atoms with Gasteiger partial charge in [0.2, 0.25) is 0 Å². The van der Waals surface area contributed by atoms with Crippen molar-refractivity contribution < 1.29 is 4.79 Å². The molecule has 0 saturated heterocycles. The molecule has 1 aromatic carbocycles. The van der Waals surface area contributed by atoms with Gasteiger partial charge in [-0.25, -0.2) is 4.98 Å². The monoisotopic (exact) mass is 286 g/mol. The SMILES string of the molecule is CN(C(=O)c1ccnc(Cl)c1)C1CCc2ccccc21. The number of aromatic nitrogens is 1. The number of amides is 1. The molecule has 0 spiro atoms. The molecule has 1 aliphatic carbocycles. The number of pyridine rings is 1. The maximum atomic E-state index is 12.5. The van der Waals surface area contributed by atoms with Crippen LogP contribution in [0.2, 0.25) is 5.15 Å². The largest absolute Gasteiger partial charge is 0.335 e. The topological polar surface area (TPSA) is 33.2 Å². The molecular weight excluding hydrogens is 272 g/mol. The Labute approximate surface area is 123 Å². The second-order valence-corrected chi connectivity index (χ2v) is 5.42. The number of carbonyl (C=O) groups excluding carboxylic acids is 1. The Morgan fingerprint density at radius 2 is 2.15 bits per heavy atom. The van der Waals surface area contributed by atoms with Crippen LogP contribution >= 0.6 is 11.6 Å². The van der Waals surface area contributed by atoms with Gasteiger partial charge in [-0.05, 0) is 36.1 Å². The first-order valence-corrected chi connectivity index (χ1v) is 7.01. The number of rotatable bonds is 2. The third-order valence-corrected chi connectivity index (χ3v) is 4.07. The van der Waals surface area contributed by atoms with Crippen LogP contribution in [0.4, 0.5) is 0 Å². The molecule has 3 nitrogen and oxygen atoms in total. The van der Waals surface area contributed by atoms with Crippen LogP contribution in [0.25, 0.3) is 0 Å². The van der Waals surface area contributed by atoms with E-state index in [2.05, 4.69) is 17.1 Å². The van der Waals surface area contributed by atoms with E-state index in [9.17, 15) is 4.79 Å². The van der Waals surface area contributed by atoms with Gasteiger partial charge in [0.25, 0.3) is 5.91 Å². The van der Waals surface area contributed by atoms with E-state index >= 15 is 0 Å². The molecule has 0 saturated carbocycles. The maximum absolute atomic E-state index is 12.5. The summed E-state index contributed by atoms with van der Waals surface area (Å²) in [5.41, 5.74) is 3.17. The molecule has 2 aromatic rings. The third kappa shape index (κ3) is 2.29. The Morgan fingerprint density at radius 3 is 2.95 bits per heavy atom. The average molecular weight is 287 g/mol. The minimum Gasteiger partial charge on any atom is -0.335 e. The van der Waals surface area contributed by atoms with Crippen molar-refractivity contribution in [3.05, 3.63) is 64.4 Å². The standard InChI is InChI=1S/C16H15ClN2O/c1-19(16(20)12-8-9-18-15(17)10-12)14-7-6-11-4-2-3-5-13(11)14/h2-5,8-10,14H,6-7H2,1H3. The molecule has 1 aliphatic rings. The van der Waals surface area contributed by atoms with Gasteiger partial charge in [0.05, 0.1) is 6.04 Å². The van der Waals surface area contributed by atoms with Gasteiger partial charge in [0.15, 0.2) is 0 Å². The maximum Gasteiger partial charge on any atom is 0.254 e. The highest BCUT2D eigenvalue weighted by Crippen LogP contribution is 2.35. The molecule has 1 atom stereocenters. The predicted octanol–water partition coefficient (Wildman–Crippen LogP) is 3.49. The lowest BCUT2D eigenvalue weighted by Gasteiger charge is -2.25. The predicted molar refractivity (Wildman–Crippen MR) is 78.8 cm³/mol. The molecule has 4 heteroatoms. The number of benzene rings is 1. The van der Waals surface area contributed by atoms with Gasteiger partial charge in [0.1, 0.15) is 5.15 Å². The zero-order chi connectivity index (χ0) is 14.1. The van der Waals surface area contributed by atoms with E-state index in [0.29, 0.717) is 10.7 Å². The summed E-state index contributed by atoms with van der Waals surface area (Å²) < 4.78 is 0. The summed E-state index contributed by atoms with van der Waals surface area (Å²) in [6.45, 7) is 0. The first-order valence-electron chi connectivity index (χ1n) is 6.63. The molecule has 0 bridgehead atoms. The number of aryl methyl sites for hydroxylation is 1. The van der Waals surface area contributed by atoms with Gasteiger partial charge in [-0.1, -0.05) is 35.9 Å². The molecule has 102 valence electrons. The number of nitrogens with zero attached hydrogens (tertiary/aromatic N) is 2. The van der Waals surface area contributed by atoms with E-state index in [1.165, 1.54) is 11.1 Å². The van der Waals surface area contributed by atoms with Crippen LogP contribution < -0.4 is 0 Å². The molecule has 3 rings (SSSR count). The Morgan fingerprint density at radius 1 is 1.35 bits per heavy atom. The minimum absolute atomic E-state index is 0.0176. The summed E-state index contributed by atoms with van der Waals surface area (Å²) in [6, 6.07) is 11.8. The fourth-order valence-electron chi connectivity index (χ4n) is 2.82. The van der Waals surface area contributed by atoms with Gasteiger partial charge in [0, 0.05) is 18.8 Å². The van der Waals surface area contributed by atoms with Gasteiger partial charge in [-0.2, -0.15) is 0 Å². The molecule has 20 heavy (non-hydrogen) atoms. The van der Waals surface area contributed by atoms with Crippen molar-refractivity contribution in [2.75, 3.05) is 7.05 Å². The molecule has 1 unspecified atom stereocenters. The number of carbonyl (C=O) groups is 1. The zero-order valence-corrected chi connectivity index (χ0v) is 12.0. The summed E-state index contributed by atoms with van der Waals surface area (Å²) in [4.78, 5) is 18.2. The lowest BCUT2D eigenvalue weighted by molar-refractivity contribution is 0.0730. The second kappa shape index (κ2) is 5.25. The van der Waals surface area contributed by atoms with Crippen molar-refractivity contribution in [2.45, 2.75) is 18.9 Å². The Kier molecular flexibility index (Phi) is 3.45. The molecule has 0 fully saturated rings. The fourth-order valence-corrected chi connectivity index (χ4v) is 2.99. The van der Waals surface area contributed by atoms with Crippen LogP contribution in [0, 0.1) is 0 Å². The molecule has 0 N–H and O–H groups in total. The first kappa shape index (κ1) is 13.1. The summed E-state index contributed by atoms with van der Waals surface area (Å²) in [5, 5.41) is 0.344. The highest BCUT2D eigenvalue weighted by atomic mass is 35.5. The highest BCUT2D eigenvalue weighted by molar-refractivity contribution is 6.29. The van der Waals surface area contributed by atoms with E-state index in [-0.39, 0.29) is 11.9 Å². The van der Waals surface area contributed by atoms with Crippen molar-refractivity contribution in [1.82, 2.24) is 9.88 Å². The van der Waals surface area contributed by atoms with Gasteiger partial charge in [-0.15, -0.1) is 0 Å².